The van der Waals surface area contributed by atoms with Crippen LogP contribution in [0.4, 0.5) is 0 Å². The van der Waals surface area contributed by atoms with Gasteiger partial charge in [0.1, 0.15) is 0 Å². The molecule has 0 aliphatic carbocycles. The Bertz CT molecular complexity index is 517. The molecular formula is C14H21NO2S. The lowest BCUT2D eigenvalue weighted by molar-refractivity contribution is 0.401. The number of hydrogen-bond donors (Lipinski definition) is 1. The number of piperidine rings is 1. The van der Waals surface area contributed by atoms with Gasteiger partial charge in [-0.25, -0.2) is 8.42 Å². The fourth-order valence-corrected chi connectivity index (χ4v) is 4.14. The van der Waals surface area contributed by atoms with E-state index < -0.39 is 9.84 Å². The summed E-state index contributed by atoms with van der Waals surface area (Å²) in [5, 5.41) is 3.26. The van der Waals surface area contributed by atoms with E-state index in [-0.39, 0.29) is 5.75 Å². The summed E-state index contributed by atoms with van der Waals surface area (Å²) in [5.74, 6) is 0.592. The Morgan fingerprint density at radius 2 is 1.83 bits per heavy atom. The first kappa shape index (κ1) is 13.6. The molecule has 3 nitrogen and oxygen atoms in total. The molecule has 1 heterocycles. The van der Waals surface area contributed by atoms with Gasteiger partial charge < -0.3 is 5.32 Å². The Hall–Kier alpha value is -0.870. The van der Waals surface area contributed by atoms with Crippen LogP contribution in [0.1, 0.15) is 24.0 Å². The van der Waals surface area contributed by atoms with Crippen LogP contribution < -0.4 is 5.32 Å². The van der Waals surface area contributed by atoms with E-state index in [4.69, 9.17) is 0 Å². The highest BCUT2D eigenvalue weighted by atomic mass is 32.2. The lowest BCUT2D eigenvalue weighted by atomic mass is 10.0. The van der Waals surface area contributed by atoms with Crippen LogP contribution in [-0.2, 0) is 9.84 Å². The largest absolute Gasteiger partial charge is 0.317 e. The summed E-state index contributed by atoms with van der Waals surface area (Å²) < 4.78 is 24.7. The Kier molecular flexibility index (Phi) is 4.07. The summed E-state index contributed by atoms with van der Waals surface area (Å²) in [6, 6.07) is 5.43. The molecular weight excluding hydrogens is 246 g/mol. The summed E-state index contributed by atoms with van der Waals surface area (Å²) in [6.45, 7) is 5.83. The highest BCUT2D eigenvalue weighted by Crippen LogP contribution is 2.21. The first-order chi connectivity index (χ1) is 8.49. The van der Waals surface area contributed by atoms with Gasteiger partial charge in [0.15, 0.2) is 9.84 Å². The van der Waals surface area contributed by atoms with Crippen molar-refractivity contribution < 1.29 is 8.42 Å². The minimum Gasteiger partial charge on any atom is -0.317 e. The van der Waals surface area contributed by atoms with Gasteiger partial charge in [-0.05, 0) is 69.0 Å². The van der Waals surface area contributed by atoms with Gasteiger partial charge in [-0.2, -0.15) is 0 Å². The van der Waals surface area contributed by atoms with Gasteiger partial charge in [0, 0.05) is 0 Å². The lowest BCUT2D eigenvalue weighted by Crippen LogP contribution is -2.31. The van der Waals surface area contributed by atoms with Crippen molar-refractivity contribution in [1.29, 1.82) is 0 Å². The first-order valence-electron chi connectivity index (χ1n) is 6.50. The monoisotopic (exact) mass is 267 g/mol. The Labute approximate surface area is 110 Å². The normalized spacial score (nSPS) is 17.9. The summed E-state index contributed by atoms with van der Waals surface area (Å²) in [4.78, 5) is 0.476. The molecule has 1 aliphatic heterocycles. The fourth-order valence-electron chi connectivity index (χ4n) is 2.36. The maximum Gasteiger partial charge on any atom is 0.178 e. The zero-order chi connectivity index (χ0) is 13.2. The highest BCUT2D eigenvalue weighted by molar-refractivity contribution is 7.91. The topological polar surface area (TPSA) is 46.2 Å². The van der Waals surface area contributed by atoms with Crippen molar-refractivity contribution in [2.45, 2.75) is 31.6 Å². The highest BCUT2D eigenvalue weighted by Gasteiger charge is 2.23. The van der Waals surface area contributed by atoms with Crippen molar-refractivity contribution >= 4 is 9.84 Å². The van der Waals surface area contributed by atoms with Crippen LogP contribution >= 0.6 is 0 Å². The molecule has 2 rings (SSSR count). The minimum absolute atomic E-state index is 0.289. The van der Waals surface area contributed by atoms with Gasteiger partial charge in [0.05, 0.1) is 10.6 Å². The fraction of sp³-hybridized carbons (Fsp3) is 0.571. The maximum absolute atomic E-state index is 12.3. The Morgan fingerprint density at radius 3 is 2.44 bits per heavy atom. The third kappa shape index (κ3) is 3.12. The second-order valence-corrected chi connectivity index (χ2v) is 7.26. The van der Waals surface area contributed by atoms with E-state index in [0.29, 0.717) is 10.8 Å². The molecule has 1 aromatic rings. The van der Waals surface area contributed by atoms with Crippen LogP contribution in [0, 0.1) is 19.8 Å². The Balaban J connectivity index is 2.16. The van der Waals surface area contributed by atoms with Crippen LogP contribution in [0.25, 0.3) is 0 Å². The maximum atomic E-state index is 12.3. The van der Waals surface area contributed by atoms with E-state index in [0.717, 1.165) is 37.1 Å². The average molecular weight is 267 g/mol. The second kappa shape index (κ2) is 5.41. The number of benzene rings is 1. The molecule has 1 N–H and O–H groups in total. The molecule has 0 amide bonds. The quantitative estimate of drug-likeness (QED) is 0.912. The van der Waals surface area contributed by atoms with Gasteiger partial charge in [-0.1, -0.05) is 6.07 Å². The van der Waals surface area contributed by atoms with E-state index in [1.165, 1.54) is 0 Å². The van der Waals surface area contributed by atoms with Crippen molar-refractivity contribution in [1.82, 2.24) is 5.32 Å². The summed E-state index contributed by atoms with van der Waals surface area (Å²) in [5.41, 5.74) is 2.18. The summed E-state index contributed by atoms with van der Waals surface area (Å²) in [7, 11) is -3.13. The lowest BCUT2D eigenvalue weighted by Gasteiger charge is -2.22. The third-order valence-electron chi connectivity index (χ3n) is 3.75. The SMILES string of the molecule is Cc1ccc(S(=O)(=O)CC2CCNCC2)cc1C. The van der Waals surface area contributed by atoms with E-state index in [9.17, 15) is 8.42 Å². The van der Waals surface area contributed by atoms with Gasteiger partial charge in [0.25, 0.3) is 0 Å². The van der Waals surface area contributed by atoms with Gasteiger partial charge >= 0.3 is 0 Å². The predicted octanol–water partition coefficient (Wildman–Crippen LogP) is 2.08. The zero-order valence-corrected chi connectivity index (χ0v) is 11.9. The minimum atomic E-state index is -3.13. The second-order valence-electron chi connectivity index (χ2n) is 5.22. The number of aryl methyl sites for hydroxylation is 2. The molecule has 1 aromatic carbocycles. The molecule has 4 heteroatoms. The standard InChI is InChI=1S/C14H21NO2S/c1-11-3-4-14(9-12(11)2)18(16,17)10-13-5-7-15-8-6-13/h3-4,9,13,15H,5-8,10H2,1-2H3. The van der Waals surface area contributed by atoms with Crippen molar-refractivity contribution in [3.8, 4) is 0 Å². The third-order valence-corrected chi connectivity index (χ3v) is 5.63. The molecule has 18 heavy (non-hydrogen) atoms. The van der Waals surface area contributed by atoms with Crippen LogP contribution in [0.2, 0.25) is 0 Å². The first-order valence-corrected chi connectivity index (χ1v) is 8.15. The summed E-state index contributed by atoms with van der Waals surface area (Å²) in [6.07, 6.45) is 1.92. The van der Waals surface area contributed by atoms with E-state index in [2.05, 4.69) is 5.32 Å². The number of hydrogen-bond acceptors (Lipinski definition) is 3. The number of sulfone groups is 1. The number of rotatable bonds is 3. The number of nitrogens with one attached hydrogen (secondary N) is 1. The molecule has 0 atom stereocenters. The molecule has 0 unspecified atom stereocenters. The van der Waals surface area contributed by atoms with E-state index in [1.54, 1.807) is 12.1 Å². The van der Waals surface area contributed by atoms with Crippen molar-refractivity contribution in [3.05, 3.63) is 29.3 Å². The molecule has 100 valence electrons. The van der Waals surface area contributed by atoms with Crippen LogP contribution in [0.3, 0.4) is 0 Å². The van der Waals surface area contributed by atoms with Crippen molar-refractivity contribution in [2.75, 3.05) is 18.8 Å². The smallest absolute Gasteiger partial charge is 0.178 e. The average Bonchev–Trinajstić information content (AvgIpc) is 2.33. The van der Waals surface area contributed by atoms with Crippen molar-refractivity contribution in [2.24, 2.45) is 5.92 Å². The molecule has 0 saturated carbocycles. The predicted molar refractivity (Wildman–Crippen MR) is 73.6 cm³/mol. The van der Waals surface area contributed by atoms with Gasteiger partial charge in [-0.3, -0.25) is 0 Å². The van der Waals surface area contributed by atoms with Crippen molar-refractivity contribution in [3.63, 3.8) is 0 Å². The van der Waals surface area contributed by atoms with Crippen LogP contribution in [0.15, 0.2) is 23.1 Å². The molecule has 0 aromatic heterocycles. The molecule has 0 bridgehead atoms. The van der Waals surface area contributed by atoms with Crippen LogP contribution in [-0.4, -0.2) is 27.3 Å². The Morgan fingerprint density at radius 1 is 1.17 bits per heavy atom. The van der Waals surface area contributed by atoms with Crippen LogP contribution in [0.5, 0.6) is 0 Å². The molecule has 0 radical (unpaired) electrons. The summed E-state index contributed by atoms with van der Waals surface area (Å²) >= 11 is 0. The molecule has 1 aliphatic rings. The molecule has 1 saturated heterocycles. The van der Waals surface area contributed by atoms with E-state index >= 15 is 0 Å². The molecule has 0 spiro atoms. The zero-order valence-electron chi connectivity index (χ0n) is 11.1. The van der Waals surface area contributed by atoms with E-state index in [1.807, 2.05) is 19.9 Å². The molecule has 1 fully saturated rings. The van der Waals surface area contributed by atoms with Gasteiger partial charge in [0.2, 0.25) is 0 Å². The van der Waals surface area contributed by atoms with Gasteiger partial charge in [-0.15, -0.1) is 0 Å².